The van der Waals surface area contributed by atoms with Crippen molar-refractivity contribution in [2.24, 2.45) is 0 Å². The van der Waals surface area contributed by atoms with Crippen molar-refractivity contribution < 1.29 is 28.3 Å². The van der Waals surface area contributed by atoms with Crippen molar-refractivity contribution in [2.45, 2.75) is 16.1 Å². The molecule has 1 fully saturated rings. The third-order valence-electron chi connectivity index (χ3n) is 4.79. The van der Waals surface area contributed by atoms with Crippen molar-refractivity contribution in [2.75, 3.05) is 12.3 Å². The number of benzene rings is 2. The zero-order chi connectivity index (χ0) is 18.2. The number of halogens is 3. The maximum absolute atomic E-state index is 11.8. The van der Waals surface area contributed by atoms with Crippen LogP contribution in [0.2, 0.25) is 0 Å². The van der Waals surface area contributed by atoms with Crippen LogP contribution in [-0.4, -0.2) is 22.0 Å². The normalized spacial score (nSPS) is 27.2. The molecule has 1 saturated heterocycles. The zero-order valence-corrected chi connectivity index (χ0v) is 18.1. The molecule has 8 heteroatoms. The van der Waals surface area contributed by atoms with E-state index in [2.05, 4.69) is 31.9 Å². The third kappa shape index (κ3) is 3.69. The molecule has 0 aromatic heterocycles. The van der Waals surface area contributed by atoms with Gasteiger partial charge in [0.1, 0.15) is 0 Å². The zero-order valence-electron chi connectivity index (χ0n) is 13.3. The van der Waals surface area contributed by atoms with E-state index in [0.29, 0.717) is 18.7 Å². The van der Waals surface area contributed by atoms with E-state index in [4.69, 9.17) is 4.08 Å². The Hall–Kier alpha value is -0.0400. The van der Waals surface area contributed by atoms with Gasteiger partial charge in [-0.1, -0.05) is 0 Å². The molecule has 2 unspecified atom stereocenters. The molecule has 0 spiro atoms. The molecule has 0 radical (unpaired) electrons. The summed E-state index contributed by atoms with van der Waals surface area (Å²) in [6, 6.07) is 18.7. The van der Waals surface area contributed by atoms with Crippen LogP contribution in [0.1, 0.15) is 6.42 Å². The maximum atomic E-state index is 11.8. The van der Waals surface area contributed by atoms with Crippen molar-refractivity contribution in [3.63, 3.8) is 0 Å². The van der Waals surface area contributed by atoms with Crippen LogP contribution < -0.4 is 24.6 Å². The topological polar surface area (TPSA) is 78.4 Å². The fraction of sp³-hybridized carbons (Fsp3) is 0.294. The van der Waals surface area contributed by atoms with Crippen LogP contribution in [0.4, 0.5) is 0 Å². The first kappa shape index (κ1) is 19.7. The molecule has 2 atom stereocenters. The van der Waals surface area contributed by atoms with Gasteiger partial charge in [-0.25, -0.2) is 0 Å². The molecule has 2 aromatic carbocycles. The second-order valence-electron chi connectivity index (χ2n) is 6.25. The molecule has 0 saturated carbocycles. The van der Waals surface area contributed by atoms with Gasteiger partial charge in [0.05, 0.1) is 0 Å². The van der Waals surface area contributed by atoms with Gasteiger partial charge in [-0.05, 0) is 0 Å². The first-order valence-electron chi connectivity index (χ1n) is 7.79. The quantitative estimate of drug-likeness (QED) is 0.452. The molecule has 1 aliphatic rings. The molecule has 0 N–H and O–H groups in total. The fourth-order valence-corrected chi connectivity index (χ4v) is 14.6. The van der Waals surface area contributed by atoms with Crippen molar-refractivity contribution in [1.82, 2.24) is 0 Å². The minimum absolute atomic E-state index is 0.0173. The molecule has 3 rings (SSSR count). The van der Waals surface area contributed by atoms with Crippen LogP contribution in [0.3, 0.4) is 0 Å². The van der Waals surface area contributed by atoms with Gasteiger partial charge in [0.25, 0.3) is 0 Å². The Morgan fingerprint density at radius 2 is 1.32 bits per heavy atom. The molecule has 136 valence electrons. The summed E-state index contributed by atoms with van der Waals surface area (Å²) in [5, 5.41) is 1.57. The van der Waals surface area contributed by atoms with Gasteiger partial charge in [0.15, 0.2) is 0 Å². The Kier molecular flexibility index (Phi) is 5.66. The summed E-state index contributed by atoms with van der Waals surface area (Å²) in [6.45, 7) is -3.72. The van der Waals surface area contributed by atoms with E-state index in [-0.39, 0.29) is 9.65 Å². The van der Waals surface area contributed by atoms with Gasteiger partial charge in [0.2, 0.25) is 0 Å². The SMILES string of the molecule is [O-][Cl+3]([O-])([O-])OP1(c2ccccc2)(c2ccccc2)CCC(Br)C(Br)C1. The summed E-state index contributed by atoms with van der Waals surface area (Å²) in [5.74, 6) is 0. The average Bonchev–Trinajstić information content (AvgIpc) is 2.59. The number of hydrogen-bond donors (Lipinski definition) is 0. The molecule has 0 bridgehead atoms. The van der Waals surface area contributed by atoms with Gasteiger partial charge in [-0.3, -0.25) is 0 Å². The predicted molar refractivity (Wildman–Crippen MR) is 99.9 cm³/mol. The second kappa shape index (κ2) is 7.17. The van der Waals surface area contributed by atoms with Gasteiger partial charge in [0, 0.05) is 0 Å². The number of rotatable bonds is 4. The molecular weight excluding hydrogens is 494 g/mol. The summed E-state index contributed by atoms with van der Waals surface area (Å²) >= 11 is 7.32. The van der Waals surface area contributed by atoms with E-state index >= 15 is 0 Å². The molecule has 0 aliphatic carbocycles. The average molecular weight is 513 g/mol. The number of hydrogen-bond acceptors (Lipinski definition) is 4. The van der Waals surface area contributed by atoms with Gasteiger partial charge in [-0.2, -0.15) is 0 Å². The summed E-state index contributed by atoms with van der Waals surface area (Å²) in [5.41, 5.74) is 0. The standard InChI is InChI=1S/C17H18Br2ClO4P/c18-16-11-12-25(13-17(16)19,24-20(21,22)23,14-7-3-1-4-8-14)15-9-5-2-6-10-15/h1-10,16-17H,11-13H2. The van der Waals surface area contributed by atoms with Crippen LogP contribution in [0, 0.1) is 10.2 Å². The Balaban J connectivity index is 2.32. The molecule has 1 heterocycles. The van der Waals surface area contributed by atoms with Gasteiger partial charge < -0.3 is 0 Å². The Labute approximate surface area is 166 Å². The molecule has 0 amide bonds. The van der Waals surface area contributed by atoms with Crippen molar-refractivity contribution in [1.29, 1.82) is 0 Å². The first-order valence-corrected chi connectivity index (χ1v) is 13.4. The fourth-order valence-electron chi connectivity index (χ4n) is 3.66. The summed E-state index contributed by atoms with van der Waals surface area (Å²) < 4.78 is 41.1. The van der Waals surface area contributed by atoms with E-state index in [0.717, 1.165) is 10.6 Å². The Morgan fingerprint density at radius 1 is 0.840 bits per heavy atom. The molecular formula is C17H18Br2ClO4P. The summed E-state index contributed by atoms with van der Waals surface area (Å²) in [6.07, 6.45) is 1.62. The Morgan fingerprint density at radius 3 is 1.72 bits per heavy atom. The van der Waals surface area contributed by atoms with Crippen molar-refractivity contribution in [3.05, 3.63) is 60.7 Å². The van der Waals surface area contributed by atoms with Gasteiger partial charge >= 0.3 is 167 Å². The molecule has 4 nitrogen and oxygen atoms in total. The van der Waals surface area contributed by atoms with E-state index in [9.17, 15) is 14.0 Å². The van der Waals surface area contributed by atoms with Crippen LogP contribution >= 0.6 is 38.7 Å². The van der Waals surface area contributed by atoms with Crippen LogP contribution in [0.15, 0.2) is 60.7 Å². The van der Waals surface area contributed by atoms with Crippen LogP contribution in [0.5, 0.6) is 0 Å². The van der Waals surface area contributed by atoms with E-state index in [1.54, 1.807) is 0 Å². The van der Waals surface area contributed by atoms with E-state index in [1.807, 2.05) is 60.7 Å². The van der Waals surface area contributed by atoms with E-state index in [1.165, 1.54) is 0 Å². The van der Waals surface area contributed by atoms with Crippen LogP contribution in [-0.2, 0) is 4.08 Å². The molecule has 25 heavy (non-hydrogen) atoms. The van der Waals surface area contributed by atoms with Crippen molar-refractivity contribution >= 4 is 49.3 Å². The third-order valence-corrected chi connectivity index (χ3v) is 15.4. The molecule has 2 aromatic rings. The number of alkyl halides is 2. The monoisotopic (exact) mass is 510 g/mol. The Bertz CT molecular complexity index is 687. The van der Waals surface area contributed by atoms with E-state index < -0.39 is 17.1 Å². The predicted octanol–water partition coefficient (Wildman–Crippen LogP) is 0.950. The molecule has 1 aliphatic heterocycles. The van der Waals surface area contributed by atoms with Crippen LogP contribution in [0.25, 0.3) is 0 Å². The van der Waals surface area contributed by atoms with Crippen molar-refractivity contribution in [3.8, 4) is 0 Å². The first-order chi connectivity index (χ1) is 11.8. The second-order valence-corrected chi connectivity index (χ2v) is 14.6. The van der Waals surface area contributed by atoms with Gasteiger partial charge in [-0.15, -0.1) is 0 Å². The minimum atomic E-state index is -4.59. The summed E-state index contributed by atoms with van der Waals surface area (Å²) in [7, 11) is -4.59. The summed E-state index contributed by atoms with van der Waals surface area (Å²) in [4.78, 5) is 0.168.